The van der Waals surface area contributed by atoms with Crippen LogP contribution in [-0.2, 0) is 19.1 Å². The highest BCUT2D eigenvalue weighted by molar-refractivity contribution is 5.92. The number of unbranched alkanes of at least 4 members (excludes halogenated alkanes) is 1. The second-order valence-electron chi connectivity index (χ2n) is 11.1. The third kappa shape index (κ3) is 3.32. The highest BCUT2D eigenvalue weighted by Crippen LogP contribution is 2.68. The molecule has 0 amide bonds. The van der Waals surface area contributed by atoms with E-state index < -0.39 is 35.5 Å². The lowest BCUT2D eigenvalue weighted by Crippen LogP contribution is -2.63. The van der Waals surface area contributed by atoms with Crippen LogP contribution in [0, 0.1) is 28.6 Å². The third-order valence-corrected chi connectivity index (χ3v) is 9.63. The van der Waals surface area contributed by atoms with Crippen LogP contribution in [0.4, 0.5) is 0 Å². The van der Waals surface area contributed by atoms with Gasteiger partial charge in [-0.15, -0.1) is 0 Å². The lowest BCUT2D eigenvalue weighted by molar-refractivity contribution is -0.202. The number of fused-ring (bicyclic) bond motifs is 5. The van der Waals surface area contributed by atoms with Crippen molar-refractivity contribution in [1.82, 2.24) is 0 Å². The zero-order valence-electron chi connectivity index (χ0n) is 19.7. The van der Waals surface area contributed by atoms with E-state index in [1.807, 2.05) is 19.9 Å². The van der Waals surface area contributed by atoms with Gasteiger partial charge in [-0.1, -0.05) is 32.8 Å². The van der Waals surface area contributed by atoms with Gasteiger partial charge in [-0.25, -0.2) is 0 Å². The molecule has 0 aromatic heterocycles. The number of hydrogen-bond acceptors (Lipinski definition) is 6. The molecule has 0 aliphatic heterocycles. The van der Waals surface area contributed by atoms with Crippen LogP contribution in [0.15, 0.2) is 11.6 Å². The summed E-state index contributed by atoms with van der Waals surface area (Å²) in [5, 5.41) is 21.4. The highest BCUT2D eigenvalue weighted by Gasteiger charge is 2.70. The zero-order chi connectivity index (χ0) is 23.3. The summed E-state index contributed by atoms with van der Waals surface area (Å²) in [6.07, 6.45) is 7.44. The fourth-order valence-electron chi connectivity index (χ4n) is 8.05. The SMILES string of the molecule is CCCCC(=O)O[C@]1(C(=O)CO)CC[C@H]2[C@@H]3CCC4=CC(=O)CCC4(C)[C@H]3[C@@H](O)C[C@]21C. The predicted octanol–water partition coefficient (Wildman–Crippen LogP) is 3.52. The summed E-state index contributed by atoms with van der Waals surface area (Å²) in [6.45, 7) is 5.51. The molecule has 2 N–H and O–H groups in total. The Hall–Kier alpha value is -1.53. The van der Waals surface area contributed by atoms with Gasteiger partial charge in [0.05, 0.1) is 6.10 Å². The molecule has 3 fully saturated rings. The number of hydrogen-bond donors (Lipinski definition) is 2. The van der Waals surface area contributed by atoms with E-state index in [4.69, 9.17) is 4.74 Å². The Balaban J connectivity index is 1.70. The molecule has 6 heteroatoms. The Morgan fingerprint density at radius 1 is 1.19 bits per heavy atom. The molecular formula is C26H38O6. The molecule has 32 heavy (non-hydrogen) atoms. The highest BCUT2D eigenvalue weighted by atomic mass is 16.6. The van der Waals surface area contributed by atoms with Crippen molar-refractivity contribution < 1.29 is 29.3 Å². The molecule has 4 aliphatic carbocycles. The number of aliphatic hydroxyl groups excluding tert-OH is 2. The summed E-state index contributed by atoms with van der Waals surface area (Å²) in [7, 11) is 0. The van der Waals surface area contributed by atoms with Gasteiger partial charge in [0.15, 0.2) is 11.4 Å². The van der Waals surface area contributed by atoms with E-state index in [9.17, 15) is 24.6 Å². The number of ketones is 2. The van der Waals surface area contributed by atoms with E-state index in [2.05, 4.69) is 6.92 Å². The normalized spacial score (nSPS) is 43.0. The molecule has 3 saturated carbocycles. The van der Waals surface area contributed by atoms with E-state index >= 15 is 0 Å². The average molecular weight is 447 g/mol. The van der Waals surface area contributed by atoms with Gasteiger partial charge >= 0.3 is 5.97 Å². The molecule has 0 radical (unpaired) electrons. The number of rotatable bonds is 6. The van der Waals surface area contributed by atoms with Gasteiger partial charge < -0.3 is 14.9 Å². The first kappa shape index (κ1) is 23.6. The molecule has 0 aromatic carbocycles. The maximum atomic E-state index is 13.1. The standard InChI is InChI=1S/C26H38O6/c1-4-5-6-22(31)32-26(21(30)15-27)12-10-19-18-8-7-16-13-17(28)9-11-24(16,2)23(18)20(29)14-25(19,26)3/h13,18-20,23,27,29H,4-12,14-15H2,1-3H3/t18-,19-,20-,23+,24?,25+,26-/m0/s1. The van der Waals surface area contributed by atoms with Crippen molar-refractivity contribution in [3.63, 3.8) is 0 Å². The second-order valence-corrected chi connectivity index (χ2v) is 11.1. The largest absolute Gasteiger partial charge is 0.450 e. The molecule has 0 bridgehead atoms. The smallest absolute Gasteiger partial charge is 0.306 e. The van der Waals surface area contributed by atoms with Gasteiger partial charge in [0.1, 0.15) is 6.61 Å². The van der Waals surface area contributed by atoms with E-state index in [0.29, 0.717) is 25.7 Å². The number of carbonyl (C=O) groups is 3. The van der Waals surface area contributed by atoms with Crippen molar-refractivity contribution in [2.75, 3.05) is 6.61 Å². The van der Waals surface area contributed by atoms with Crippen LogP contribution in [0.5, 0.6) is 0 Å². The van der Waals surface area contributed by atoms with Crippen LogP contribution in [0.3, 0.4) is 0 Å². The minimum absolute atomic E-state index is 0.0319. The predicted molar refractivity (Wildman–Crippen MR) is 119 cm³/mol. The number of allylic oxidation sites excluding steroid dienone is 1. The number of carbonyl (C=O) groups excluding carboxylic acids is 3. The van der Waals surface area contributed by atoms with Crippen LogP contribution >= 0.6 is 0 Å². The van der Waals surface area contributed by atoms with Crippen LogP contribution in [-0.4, -0.2) is 46.1 Å². The Morgan fingerprint density at radius 3 is 2.62 bits per heavy atom. The summed E-state index contributed by atoms with van der Waals surface area (Å²) in [4.78, 5) is 37.9. The first-order valence-corrected chi connectivity index (χ1v) is 12.4. The number of Topliss-reactive ketones (excluding diaryl/α,β-unsaturated/α-hetero) is 1. The quantitative estimate of drug-likeness (QED) is 0.606. The monoisotopic (exact) mass is 446 g/mol. The van der Waals surface area contributed by atoms with E-state index in [1.165, 1.54) is 5.57 Å². The van der Waals surface area contributed by atoms with Gasteiger partial charge in [-0.2, -0.15) is 0 Å². The average Bonchev–Trinajstić information content (AvgIpc) is 3.04. The maximum absolute atomic E-state index is 13.1. The van der Waals surface area contributed by atoms with E-state index in [0.717, 1.165) is 32.1 Å². The Bertz CT molecular complexity index is 832. The van der Waals surface area contributed by atoms with Crippen LogP contribution < -0.4 is 0 Å². The van der Waals surface area contributed by atoms with Crippen molar-refractivity contribution in [1.29, 1.82) is 0 Å². The maximum Gasteiger partial charge on any atom is 0.306 e. The first-order chi connectivity index (χ1) is 15.1. The minimum Gasteiger partial charge on any atom is -0.450 e. The lowest BCUT2D eigenvalue weighted by atomic mass is 9.45. The van der Waals surface area contributed by atoms with Gasteiger partial charge in [0.2, 0.25) is 5.78 Å². The summed E-state index contributed by atoms with van der Waals surface area (Å²) in [5.41, 5.74) is -1.12. The molecule has 0 heterocycles. The topological polar surface area (TPSA) is 101 Å². The van der Waals surface area contributed by atoms with Crippen LogP contribution in [0.1, 0.15) is 85.0 Å². The molecule has 4 aliphatic rings. The van der Waals surface area contributed by atoms with E-state index in [1.54, 1.807) is 0 Å². The van der Waals surface area contributed by atoms with E-state index in [-0.39, 0.29) is 35.4 Å². The molecule has 7 atom stereocenters. The van der Waals surface area contributed by atoms with Gasteiger partial charge in [0, 0.05) is 18.3 Å². The second kappa shape index (κ2) is 8.35. The molecule has 178 valence electrons. The molecule has 1 unspecified atom stereocenters. The fraction of sp³-hybridized carbons (Fsp3) is 0.808. The number of ether oxygens (including phenoxy) is 1. The number of esters is 1. The summed E-state index contributed by atoms with van der Waals surface area (Å²) < 4.78 is 5.98. The van der Waals surface area contributed by atoms with Crippen LogP contribution in [0.25, 0.3) is 0 Å². The van der Waals surface area contributed by atoms with Crippen molar-refractivity contribution in [3.05, 3.63) is 11.6 Å². The summed E-state index contributed by atoms with van der Waals surface area (Å²) in [5.74, 6) is -0.297. The minimum atomic E-state index is -1.37. The summed E-state index contributed by atoms with van der Waals surface area (Å²) in [6, 6.07) is 0. The zero-order valence-corrected chi connectivity index (χ0v) is 19.7. The van der Waals surface area contributed by atoms with Crippen molar-refractivity contribution in [2.45, 2.75) is 96.7 Å². The molecule has 4 rings (SSSR count). The van der Waals surface area contributed by atoms with Crippen LogP contribution in [0.2, 0.25) is 0 Å². The summed E-state index contributed by atoms with van der Waals surface area (Å²) >= 11 is 0. The molecule has 6 nitrogen and oxygen atoms in total. The molecule has 0 aromatic rings. The van der Waals surface area contributed by atoms with Gasteiger partial charge in [-0.3, -0.25) is 14.4 Å². The van der Waals surface area contributed by atoms with Crippen molar-refractivity contribution in [2.24, 2.45) is 28.6 Å². The third-order valence-electron chi connectivity index (χ3n) is 9.63. The molecule has 0 saturated heterocycles. The molecule has 0 spiro atoms. The first-order valence-electron chi connectivity index (χ1n) is 12.4. The van der Waals surface area contributed by atoms with Crippen molar-refractivity contribution >= 4 is 17.5 Å². The Morgan fingerprint density at radius 2 is 1.94 bits per heavy atom. The Labute approximate surface area is 190 Å². The Kier molecular flexibility index (Phi) is 6.17. The molecular weight excluding hydrogens is 408 g/mol. The van der Waals surface area contributed by atoms with Crippen molar-refractivity contribution in [3.8, 4) is 0 Å². The number of aliphatic hydroxyl groups is 2. The van der Waals surface area contributed by atoms with Gasteiger partial charge in [-0.05, 0) is 74.2 Å². The fourth-order valence-corrected chi connectivity index (χ4v) is 8.05. The van der Waals surface area contributed by atoms with Gasteiger partial charge in [0.25, 0.3) is 0 Å². The lowest BCUT2D eigenvalue weighted by Gasteiger charge is -2.60.